The van der Waals surface area contributed by atoms with Crippen LogP contribution in [0.25, 0.3) is 10.6 Å². The third kappa shape index (κ3) is 4.10. The van der Waals surface area contributed by atoms with Crippen LogP contribution in [-0.2, 0) is 9.53 Å². The van der Waals surface area contributed by atoms with Gasteiger partial charge in [-0.1, -0.05) is 76.7 Å². The number of ether oxygens (including phenoxy) is 1. The van der Waals surface area contributed by atoms with E-state index in [0.29, 0.717) is 17.4 Å². The number of thioether (sulfide) groups is 1. The summed E-state index contributed by atoms with van der Waals surface area (Å²) in [6.45, 7) is 0. The zero-order valence-corrected chi connectivity index (χ0v) is 18.8. The minimum absolute atomic E-state index is 0.225. The van der Waals surface area contributed by atoms with Crippen molar-refractivity contribution >= 4 is 35.0 Å². The molecule has 0 aliphatic carbocycles. The molecule has 2 aromatic heterocycles. The molecule has 0 amide bonds. The van der Waals surface area contributed by atoms with Gasteiger partial charge in [0.25, 0.3) is 0 Å². The average molecular weight is 482 g/mol. The highest BCUT2D eigenvalue weighted by molar-refractivity contribution is 8.01. The van der Waals surface area contributed by atoms with Crippen molar-refractivity contribution in [3.63, 3.8) is 0 Å². The van der Waals surface area contributed by atoms with E-state index in [9.17, 15) is 9.18 Å². The summed E-state index contributed by atoms with van der Waals surface area (Å²) in [5.41, 5.74) is 1.98. The normalized spacial score (nSPS) is 15.2. The minimum Gasteiger partial charge on any atom is -0.466 e. The summed E-state index contributed by atoms with van der Waals surface area (Å²) in [6, 6.07) is 15.1. The minimum atomic E-state index is -0.880. The molecule has 1 aliphatic rings. The van der Waals surface area contributed by atoms with Gasteiger partial charge in [0.1, 0.15) is 16.9 Å². The fourth-order valence-corrected chi connectivity index (χ4v) is 5.31. The van der Waals surface area contributed by atoms with Crippen LogP contribution in [0, 0.1) is 5.82 Å². The number of methoxy groups -OCH3 is 1. The van der Waals surface area contributed by atoms with Gasteiger partial charge in [0.15, 0.2) is 4.34 Å². The number of carbonyl (C=O) groups is 1. The fraction of sp³-hybridized carbons (Fsp3) is 0.143. The van der Waals surface area contributed by atoms with Crippen molar-refractivity contribution in [1.82, 2.24) is 30.4 Å². The van der Waals surface area contributed by atoms with Gasteiger partial charge >= 0.3 is 5.97 Å². The van der Waals surface area contributed by atoms with E-state index in [4.69, 9.17) is 4.74 Å². The van der Waals surface area contributed by atoms with E-state index in [1.807, 2.05) is 30.3 Å². The van der Waals surface area contributed by atoms with Crippen molar-refractivity contribution in [2.24, 2.45) is 0 Å². The van der Waals surface area contributed by atoms with Crippen LogP contribution in [0.4, 0.5) is 10.3 Å². The maximum atomic E-state index is 14.8. The first-order valence-electron chi connectivity index (χ1n) is 9.78. The SMILES string of the molecule is COC(=O)C1=C(CSc2nnc(-c3ccccc3)s2)Nc2nnnn2C1c1ccccc1F. The molecule has 4 aromatic rings. The van der Waals surface area contributed by atoms with Crippen molar-refractivity contribution in [3.05, 3.63) is 77.2 Å². The molecule has 166 valence electrons. The number of esters is 1. The van der Waals surface area contributed by atoms with Crippen LogP contribution < -0.4 is 5.32 Å². The van der Waals surface area contributed by atoms with Crippen LogP contribution in [0.1, 0.15) is 11.6 Å². The van der Waals surface area contributed by atoms with Crippen LogP contribution in [0.15, 0.2) is 70.2 Å². The zero-order chi connectivity index (χ0) is 22.8. The number of benzene rings is 2. The largest absolute Gasteiger partial charge is 0.466 e. The predicted molar refractivity (Wildman–Crippen MR) is 121 cm³/mol. The molecule has 0 radical (unpaired) electrons. The third-order valence-corrected chi connectivity index (χ3v) is 7.10. The molecule has 0 bridgehead atoms. The number of hydrogen-bond acceptors (Lipinski definition) is 10. The van der Waals surface area contributed by atoms with E-state index in [-0.39, 0.29) is 11.1 Å². The standard InChI is InChI=1S/C21H16FN7O2S2/c1-31-19(30)16-15(11-32-21-26-24-18(33-21)12-7-3-2-4-8-12)23-20-25-27-28-29(20)17(16)13-9-5-6-10-14(13)22/h2-10,17H,11H2,1H3,(H,23,25,28). The van der Waals surface area contributed by atoms with E-state index in [1.165, 1.54) is 41.0 Å². The zero-order valence-electron chi connectivity index (χ0n) is 17.2. The van der Waals surface area contributed by atoms with Crippen LogP contribution in [-0.4, -0.2) is 49.2 Å². The summed E-state index contributed by atoms with van der Waals surface area (Å²) < 4.78 is 21.9. The van der Waals surface area contributed by atoms with Crippen LogP contribution in [0.2, 0.25) is 0 Å². The van der Waals surface area contributed by atoms with Gasteiger partial charge in [0.2, 0.25) is 5.95 Å². The van der Waals surface area contributed by atoms with Crippen LogP contribution >= 0.6 is 23.1 Å². The first-order valence-corrected chi connectivity index (χ1v) is 11.6. The summed E-state index contributed by atoms with van der Waals surface area (Å²) in [6.07, 6.45) is 0. The number of nitrogens with zero attached hydrogens (tertiary/aromatic N) is 6. The Bertz CT molecular complexity index is 1340. The summed E-state index contributed by atoms with van der Waals surface area (Å²) in [4.78, 5) is 12.8. The van der Waals surface area contributed by atoms with Gasteiger partial charge in [0, 0.05) is 22.6 Å². The molecule has 12 heteroatoms. The van der Waals surface area contributed by atoms with Crippen LogP contribution in [0.5, 0.6) is 0 Å². The second-order valence-electron chi connectivity index (χ2n) is 6.91. The Labute approximate surface area is 195 Å². The van der Waals surface area contributed by atoms with Crippen LogP contribution in [0.3, 0.4) is 0 Å². The molecular weight excluding hydrogens is 465 g/mol. The van der Waals surface area contributed by atoms with E-state index >= 15 is 0 Å². The molecule has 0 saturated heterocycles. The molecule has 0 saturated carbocycles. The van der Waals surface area contributed by atoms with Crippen molar-refractivity contribution in [3.8, 4) is 10.6 Å². The van der Waals surface area contributed by atoms with E-state index < -0.39 is 17.8 Å². The van der Waals surface area contributed by atoms with E-state index in [2.05, 4.69) is 31.0 Å². The quantitative estimate of drug-likeness (QED) is 0.327. The molecule has 9 nitrogen and oxygen atoms in total. The lowest BCUT2D eigenvalue weighted by Crippen LogP contribution is -2.31. The van der Waals surface area contributed by atoms with Gasteiger partial charge in [-0.05, 0) is 16.5 Å². The first kappa shape index (κ1) is 21.2. The third-order valence-electron chi connectivity index (χ3n) is 4.97. The Morgan fingerprint density at radius 3 is 2.73 bits per heavy atom. The van der Waals surface area contributed by atoms with Gasteiger partial charge in [-0.15, -0.1) is 10.2 Å². The Kier molecular flexibility index (Phi) is 5.84. The van der Waals surface area contributed by atoms with Crippen molar-refractivity contribution in [2.45, 2.75) is 10.4 Å². The molecular formula is C21H16FN7O2S2. The summed E-state index contributed by atoms with van der Waals surface area (Å²) >= 11 is 2.84. The monoisotopic (exact) mass is 481 g/mol. The number of halogens is 1. The fourth-order valence-electron chi connectivity index (χ4n) is 3.48. The van der Waals surface area contributed by atoms with Gasteiger partial charge in [0.05, 0.1) is 12.7 Å². The number of hydrogen-bond donors (Lipinski definition) is 1. The molecule has 0 spiro atoms. The number of aromatic nitrogens is 6. The number of nitrogens with one attached hydrogen (secondary N) is 1. The second-order valence-corrected chi connectivity index (χ2v) is 9.11. The lowest BCUT2D eigenvalue weighted by Gasteiger charge is -2.28. The topological polar surface area (TPSA) is 108 Å². The molecule has 1 N–H and O–H groups in total. The van der Waals surface area contributed by atoms with Gasteiger partial charge in [-0.3, -0.25) is 0 Å². The Hall–Kier alpha value is -3.64. The summed E-state index contributed by atoms with van der Waals surface area (Å²) in [5, 5.41) is 24.0. The summed E-state index contributed by atoms with van der Waals surface area (Å²) in [5.74, 6) is -0.453. The Balaban J connectivity index is 1.50. The Morgan fingerprint density at radius 2 is 1.94 bits per heavy atom. The van der Waals surface area contributed by atoms with E-state index in [1.54, 1.807) is 18.2 Å². The number of rotatable bonds is 6. The molecule has 2 aromatic carbocycles. The molecule has 1 atom stereocenters. The maximum Gasteiger partial charge on any atom is 0.338 e. The highest BCUT2D eigenvalue weighted by Crippen LogP contribution is 2.38. The number of anilines is 1. The molecule has 3 heterocycles. The van der Waals surface area contributed by atoms with Crippen molar-refractivity contribution in [2.75, 3.05) is 18.2 Å². The number of fused-ring (bicyclic) bond motifs is 1. The molecule has 1 aliphatic heterocycles. The van der Waals surface area contributed by atoms with Gasteiger partial charge in [-0.2, -0.15) is 4.68 Å². The lowest BCUT2D eigenvalue weighted by atomic mass is 9.95. The van der Waals surface area contributed by atoms with Gasteiger partial charge < -0.3 is 10.1 Å². The smallest absolute Gasteiger partial charge is 0.338 e. The highest BCUT2D eigenvalue weighted by Gasteiger charge is 2.37. The second kappa shape index (κ2) is 9.08. The van der Waals surface area contributed by atoms with Crippen molar-refractivity contribution in [1.29, 1.82) is 0 Å². The molecule has 33 heavy (non-hydrogen) atoms. The molecule has 0 fully saturated rings. The molecule has 1 unspecified atom stereocenters. The number of carbonyl (C=O) groups excluding carboxylic acids is 1. The first-order chi connectivity index (χ1) is 16.2. The average Bonchev–Trinajstić information content (AvgIpc) is 3.52. The number of tetrazole rings is 1. The highest BCUT2D eigenvalue weighted by atomic mass is 32.2. The predicted octanol–water partition coefficient (Wildman–Crippen LogP) is 3.57. The maximum absolute atomic E-state index is 14.8. The van der Waals surface area contributed by atoms with Gasteiger partial charge in [-0.25, -0.2) is 9.18 Å². The lowest BCUT2D eigenvalue weighted by molar-refractivity contribution is -0.136. The van der Waals surface area contributed by atoms with Crippen molar-refractivity contribution < 1.29 is 13.9 Å². The molecule has 5 rings (SSSR count). The Morgan fingerprint density at radius 1 is 1.15 bits per heavy atom. The van der Waals surface area contributed by atoms with E-state index in [0.717, 1.165) is 14.9 Å². The summed E-state index contributed by atoms with van der Waals surface area (Å²) in [7, 11) is 1.28.